The van der Waals surface area contributed by atoms with Crippen LogP contribution in [0, 0.1) is 5.92 Å². The average Bonchev–Trinajstić information content (AvgIpc) is 2.40. The summed E-state index contributed by atoms with van der Waals surface area (Å²) < 4.78 is 3.12. The number of hydrogen-bond acceptors (Lipinski definition) is 3. The number of nitrogens with zero attached hydrogens (tertiary/aromatic N) is 3. The Morgan fingerprint density at radius 1 is 1.05 bits per heavy atom. The molecule has 1 heterocycles. The van der Waals surface area contributed by atoms with Crippen molar-refractivity contribution in [1.82, 2.24) is 13.7 Å². The maximum absolute atomic E-state index is 12.1. The minimum atomic E-state index is -0.599. The smallest absolute Gasteiger partial charge is 0.248 e. The molecular formula is C14H23N3O3. The second-order valence-electron chi connectivity index (χ2n) is 5.35. The van der Waals surface area contributed by atoms with Gasteiger partial charge in [0.05, 0.1) is 6.54 Å². The van der Waals surface area contributed by atoms with E-state index in [9.17, 15) is 14.4 Å². The van der Waals surface area contributed by atoms with Crippen LogP contribution in [0.4, 0.5) is 0 Å². The average molecular weight is 281 g/mol. The van der Waals surface area contributed by atoms with Gasteiger partial charge < -0.3 is 0 Å². The minimum Gasteiger partial charge on any atom is -0.248 e. The normalized spacial score (nSPS) is 11.0. The fourth-order valence-electron chi connectivity index (χ4n) is 2.05. The van der Waals surface area contributed by atoms with E-state index in [0.717, 1.165) is 33.0 Å². The lowest BCUT2D eigenvalue weighted by Gasteiger charge is -2.10. The number of allylic oxidation sites excluding steroid dienone is 1. The maximum atomic E-state index is 12.1. The topological polar surface area (TPSA) is 66.0 Å². The molecular weight excluding hydrogens is 258 g/mol. The van der Waals surface area contributed by atoms with E-state index in [-0.39, 0.29) is 6.54 Å². The Labute approximate surface area is 118 Å². The Hall–Kier alpha value is -1.85. The summed E-state index contributed by atoms with van der Waals surface area (Å²) in [7, 11) is 1.38. The Balaban J connectivity index is 3.07. The summed E-state index contributed by atoms with van der Waals surface area (Å²) >= 11 is 0. The van der Waals surface area contributed by atoms with Crippen LogP contribution in [0.25, 0.3) is 0 Å². The van der Waals surface area contributed by atoms with Crippen molar-refractivity contribution in [3.63, 3.8) is 0 Å². The molecule has 1 aromatic rings. The lowest BCUT2D eigenvalue weighted by Crippen LogP contribution is -2.53. The molecule has 0 aliphatic rings. The molecule has 0 aliphatic carbocycles. The lowest BCUT2D eigenvalue weighted by molar-refractivity contribution is 0.453. The fraction of sp³-hybridized carbons (Fsp3) is 0.643. The third-order valence-corrected chi connectivity index (χ3v) is 3.22. The highest BCUT2D eigenvalue weighted by molar-refractivity contribution is 4.81. The van der Waals surface area contributed by atoms with Crippen LogP contribution in [0.15, 0.2) is 27.0 Å². The van der Waals surface area contributed by atoms with Crippen molar-refractivity contribution in [3.05, 3.63) is 44.1 Å². The first kappa shape index (κ1) is 16.2. The van der Waals surface area contributed by atoms with Gasteiger partial charge in [-0.2, -0.15) is 0 Å². The van der Waals surface area contributed by atoms with Gasteiger partial charge >= 0.3 is 17.1 Å². The molecule has 0 radical (unpaired) electrons. The van der Waals surface area contributed by atoms with Gasteiger partial charge in [-0.3, -0.25) is 0 Å². The van der Waals surface area contributed by atoms with Crippen LogP contribution in [-0.4, -0.2) is 13.7 Å². The largest absolute Gasteiger partial charge is 0.336 e. The van der Waals surface area contributed by atoms with Crippen molar-refractivity contribution >= 4 is 0 Å². The van der Waals surface area contributed by atoms with Gasteiger partial charge in [0.15, 0.2) is 0 Å². The number of rotatable bonds is 7. The monoisotopic (exact) mass is 281 g/mol. The van der Waals surface area contributed by atoms with E-state index in [1.54, 1.807) is 0 Å². The molecule has 112 valence electrons. The third-order valence-electron chi connectivity index (χ3n) is 3.22. The highest BCUT2D eigenvalue weighted by Crippen LogP contribution is 2.06. The van der Waals surface area contributed by atoms with E-state index in [1.807, 2.05) is 0 Å². The molecule has 1 rings (SSSR count). The van der Waals surface area contributed by atoms with Crippen LogP contribution < -0.4 is 17.1 Å². The predicted octanol–water partition coefficient (Wildman–Crippen LogP) is 0.721. The predicted molar refractivity (Wildman–Crippen MR) is 79.1 cm³/mol. The van der Waals surface area contributed by atoms with Gasteiger partial charge in [0.25, 0.3) is 0 Å². The molecule has 0 saturated carbocycles. The zero-order valence-corrected chi connectivity index (χ0v) is 12.5. The molecule has 6 heteroatoms. The van der Waals surface area contributed by atoms with Gasteiger partial charge in [0, 0.05) is 13.6 Å². The van der Waals surface area contributed by atoms with Crippen LogP contribution in [0.5, 0.6) is 0 Å². The van der Waals surface area contributed by atoms with Gasteiger partial charge in [-0.05, 0) is 12.3 Å². The molecule has 0 saturated heterocycles. The van der Waals surface area contributed by atoms with E-state index in [2.05, 4.69) is 20.4 Å². The molecule has 0 unspecified atom stereocenters. The molecule has 0 atom stereocenters. The second-order valence-corrected chi connectivity index (χ2v) is 5.35. The molecule has 0 amide bonds. The van der Waals surface area contributed by atoms with E-state index >= 15 is 0 Å². The SMILES string of the molecule is C=CCn1c(=O)n(C)c(=O)n(CCCCC(C)C)c1=O. The second kappa shape index (κ2) is 7.07. The minimum absolute atomic E-state index is 0.109. The van der Waals surface area contributed by atoms with Crippen molar-refractivity contribution in [3.8, 4) is 0 Å². The number of aromatic nitrogens is 3. The van der Waals surface area contributed by atoms with Crippen molar-refractivity contribution in [2.75, 3.05) is 0 Å². The van der Waals surface area contributed by atoms with Crippen LogP contribution in [0.1, 0.15) is 33.1 Å². The van der Waals surface area contributed by atoms with Crippen molar-refractivity contribution < 1.29 is 0 Å². The standard InChI is InChI=1S/C14H23N3O3/c1-5-9-16-12(18)15(4)13(19)17(14(16)20)10-7-6-8-11(2)3/h5,11H,1,6-10H2,2-4H3. The molecule has 1 aromatic heterocycles. The van der Waals surface area contributed by atoms with Gasteiger partial charge in [-0.1, -0.05) is 32.8 Å². The molecule has 20 heavy (non-hydrogen) atoms. The Morgan fingerprint density at radius 2 is 1.65 bits per heavy atom. The molecule has 0 spiro atoms. The van der Waals surface area contributed by atoms with Crippen molar-refractivity contribution in [2.45, 2.75) is 46.2 Å². The zero-order valence-electron chi connectivity index (χ0n) is 12.5. The molecule has 0 aromatic carbocycles. The van der Waals surface area contributed by atoms with E-state index in [4.69, 9.17) is 0 Å². The number of hydrogen-bond donors (Lipinski definition) is 0. The van der Waals surface area contributed by atoms with E-state index in [1.165, 1.54) is 13.1 Å². The molecule has 0 fully saturated rings. The molecule has 0 aliphatic heterocycles. The Kier molecular flexibility index (Phi) is 5.73. The Morgan fingerprint density at radius 3 is 2.20 bits per heavy atom. The molecule has 6 nitrogen and oxygen atoms in total. The maximum Gasteiger partial charge on any atom is 0.336 e. The van der Waals surface area contributed by atoms with Gasteiger partial charge in [0.2, 0.25) is 0 Å². The molecule has 0 bridgehead atoms. The van der Waals surface area contributed by atoms with E-state index in [0.29, 0.717) is 12.5 Å². The summed E-state index contributed by atoms with van der Waals surface area (Å²) in [5.74, 6) is 0.601. The first-order chi connectivity index (χ1) is 9.40. The lowest BCUT2D eigenvalue weighted by atomic mass is 10.1. The first-order valence-electron chi connectivity index (χ1n) is 6.91. The van der Waals surface area contributed by atoms with Gasteiger partial charge in [-0.25, -0.2) is 28.1 Å². The Bertz CT molecular complexity index is 635. The van der Waals surface area contributed by atoms with Crippen LogP contribution in [0.3, 0.4) is 0 Å². The highest BCUT2D eigenvalue weighted by Gasteiger charge is 2.11. The van der Waals surface area contributed by atoms with Crippen molar-refractivity contribution in [1.29, 1.82) is 0 Å². The highest BCUT2D eigenvalue weighted by atomic mass is 16.2. The summed E-state index contributed by atoms with van der Waals surface area (Å²) in [5, 5.41) is 0. The number of unbranched alkanes of at least 4 members (excludes halogenated alkanes) is 1. The van der Waals surface area contributed by atoms with Crippen LogP contribution in [-0.2, 0) is 20.1 Å². The van der Waals surface area contributed by atoms with Gasteiger partial charge in [-0.15, -0.1) is 6.58 Å². The third kappa shape index (κ3) is 3.59. The summed E-state index contributed by atoms with van der Waals surface area (Å²) in [4.78, 5) is 36.0. The van der Waals surface area contributed by atoms with Crippen LogP contribution in [0.2, 0.25) is 0 Å². The van der Waals surface area contributed by atoms with E-state index < -0.39 is 17.1 Å². The first-order valence-corrected chi connectivity index (χ1v) is 6.91. The quantitative estimate of drug-likeness (QED) is 0.546. The van der Waals surface area contributed by atoms with Crippen LogP contribution >= 0.6 is 0 Å². The fourth-order valence-corrected chi connectivity index (χ4v) is 2.05. The zero-order chi connectivity index (χ0) is 15.3. The summed E-state index contributed by atoms with van der Waals surface area (Å²) in [6.07, 6.45) is 4.23. The summed E-state index contributed by atoms with van der Waals surface area (Å²) in [6, 6.07) is 0. The van der Waals surface area contributed by atoms with Crippen molar-refractivity contribution in [2.24, 2.45) is 13.0 Å². The molecule has 0 N–H and O–H groups in total. The summed E-state index contributed by atoms with van der Waals surface area (Å²) in [6.45, 7) is 8.24. The summed E-state index contributed by atoms with van der Waals surface area (Å²) in [5.41, 5.74) is -1.70. The van der Waals surface area contributed by atoms with Gasteiger partial charge in [0.1, 0.15) is 0 Å².